The van der Waals surface area contributed by atoms with Gasteiger partial charge in [0.25, 0.3) is 0 Å². The van der Waals surface area contributed by atoms with Crippen LogP contribution in [0.1, 0.15) is 5.69 Å². The van der Waals surface area contributed by atoms with Crippen LogP contribution in [0.5, 0.6) is 0 Å². The molecule has 10 nitrogen and oxygen atoms in total. The van der Waals surface area contributed by atoms with Gasteiger partial charge in [-0.05, 0) is 55.5 Å². The molecule has 0 saturated carbocycles. The molecule has 10 heteroatoms. The summed E-state index contributed by atoms with van der Waals surface area (Å²) in [6.45, 7) is 8.29. The fourth-order valence-electron chi connectivity index (χ4n) is 3.93. The van der Waals surface area contributed by atoms with Gasteiger partial charge in [-0.25, -0.2) is 19.9 Å². The average Bonchev–Trinajstić information content (AvgIpc) is 2.91. The summed E-state index contributed by atoms with van der Waals surface area (Å²) in [7, 11) is 0. The number of nitrogens with zero attached hydrogens (tertiary/aromatic N) is 6. The van der Waals surface area contributed by atoms with E-state index in [0.29, 0.717) is 23.4 Å². The van der Waals surface area contributed by atoms with Crippen molar-refractivity contribution in [3.8, 4) is 11.5 Å². The lowest BCUT2D eigenvalue weighted by Gasteiger charge is -2.27. The molecule has 3 aromatic heterocycles. The van der Waals surface area contributed by atoms with Crippen LogP contribution in [0, 0.1) is 6.92 Å². The Kier molecular flexibility index (Phi) is 7.55. The van der Waals surface area contributed by atoms with Crippen molar-refractivity contribution in [3.05, 3.63) is 72.7 Å². The number of benzene rings is 1. The summed E-state index contributed by atoms with van der Waals surface area (Å²) in [5.74, 6) is 2.30. The Bertz CT molecular complexity index is 1270. The zero-order valence-electron chi connectivity index (χ0n) is 20.3. The Labute approximate surface area is 210 Å². The van der Waals surface area contributed by atoms with E-state index in [0.717, 1.165) is 62.0 Å². The van der Waals surface area contributed by atoms with Gasteiger partial charge in [-0.1, -0.05) is 6.07 Å². The van der Waals surface area contributed by atoms with E-state index >= 15 is 0 Å². The van der Waals surface area contributed by atoms with Gasteiger partial charge in [0, 0.05) is 68.7 Å². The summed E-state index contributed by atoms with van der Waals surface area (Å²) in [5.41, 5.74) is 3.65. The molecule has 36 heavy (non-hydrogen) atoms. The molecule has 1 aliphatic rings. The maximum absolute atomic E-state index is 4.58. The first kappa shape index (κ1) is 23.6. The fraction of sp³-hybridized carbons (Fsp3) is 0.269. The second kappa shape index (κ2) is 11.5. The zero-order chi connectivity index (χ0) is 24.6. The minimum absolute atomic E-state index is 0.494. The molecular formula is C26H30N10. The Balaban J connectivity index is 1.17. The van der Waals surface area contributed by atoms with Crippen molar-refractivity contribution in [1.82, 2.24) is 35.1 Å². The molecule has 1 saturated heterocycles. The summed E-state index contributed by atoms with van der Waals surface area (Å²) < 4.78 is 0. The number of aryl methyl sites for hydroxylation is 1. The minimum atomic E-state index is 0.494. The van der Waals surface area contributed by atoms with Crippen LogP contribution in [-0.2, 0) is 0 Å². The quantitative estimate of drug-likeness (QED) is 0.283. The topological polar surface area (TPSA) is 116 Å². The fourth-order valence-corrected chi connectivity index (χ4v) is 3.93. The molecule has 4 aromatic rings. The molecule has 0 bridgehead atoms. The molecule has 1 aromatic carbocycles. The van der Waals surface area contributed by atoms with Gasteiger partial charge in [0.15, 0.2) is 5.82 Å². The van der Waals surface area contributed by atoms with Crippen molar-refractivity contribution in [1.29, 1.82) is 0 Å². The molecule has 0 unspecified atom stereocenters. The number of aromatic nitrogens is 5. The molecule has 0 aliphatic carbocycles. The van der Waals surface area contributed by atoms with E-state index in [1.807, 2.05) is 37.3 Å². The Morgan fingerprint density at radius 1 is 0.806 bits per heavy atom. The van der Waals surface area contributed by atoms with Crippen molar-refractivity contribution >= 4 is 29.0 Å². The number of nitrogens with one attached hydrogen (secondary N) is 4. The van der Waals surface area contributed by atoms with Crippen molar-refractivity contribution < 1.29 is 0 Å². The monoisotopic (exact) mass is 482 g/mol. The van der Waals surface area contributed by atoms with E-state index in [4.69, 9.17) is 0 Å². The average molecular weight is 483 g/mol. The number of piperazine rings is 1. The molecule has 0 radical (unpaired) electrons. The Morgan fingerprint density at radius 2 is 1.56 bits per heavy atom. The zero-order valence-corrected chi connectivity index (χ0v) is 20.3. The molecular weight excluding hydrogens is 452 g/mol. The largest absolute Gasteiger partial charge is 0.384 e. The van der Waals surface area contributed by atoms with Crippen molar-refractivity contribution in [2.24, 2.45) is 0 Å². The third-order valence-electron chi connectivity index (χ3n) is 5.79. The van der Waals surface area contributed by atoms with Crippen LogP contribution in [0.2, 0.25) is 0 Å². The highest BCUT2D eigenvalue weighted by molar-refractivity contribution is 5.61. The van der Waals surface area contributed by atoms with Gasteiger partial charge in [-0.15, -0.1) is 0 Å². The maximum Gasteiger partial charge on any atom is 0.229 e. The third kappa shape index (κ3) is 6.49. The Hall–Kier alpha value is -4.15. The SMILES string of the molecule is Cc1cccc(-c2nccc(Nc3ccnc(Nc4ccc(NCCN5CCNCC5)cc4)n3)n2)n1. The van der Waals surface area contributed by atoms with Crippen LogP contribution in [0.25, 0.3) is 11.5 Å². The molecule has 184 valence electrons. The van der Waals surface area contributed by atoms with Crippen molar-refractivity contribution in [3.63, 3.8) is 0 Å². The van der Waals surface area contributed by atoms with Crippen LogP contribution in [0.3, 0.4) is 0 Å². The predicted molar refractivity (Wildman–Crippen MR) is 143 cm³/mol. The first-order chi connectivity index (χ1) is 17.7. The van der Waals surface area contributed by atoms with Crippen LogP contribution in [0.4, 0.5) is 29.0 Å². The predicted octanol–water partition coefficient (Wildman–Crippen LogP) is 3.44. The van der Waals surface area contributed by atoms with Crippen molar-refractivity contribution in [2.75, 3.05) is 55.2 Å². The van der Waals surface area contributed by atoms with E-state index in [9.17, 15) is 0 Å². The van der Waals surface area contributed by atoms with Gasteiger partial charge in [0.1, 0.15) is 17.3 Å². The molecule has 0 atom stereocenters. The second-order valence-corrected chi connectivity index (χ2v) is 8.54. The first-order valence-corrected chi connectivity index (χ1v) is 12.1. The number of hydrogen-bond acceptors (Lipinski definition) is 10. The number of hydrogen-bond donors (Lipinski definition) is 4. The highest BCUT2D eigenvalue weighted by Gasteiger charge is 2.09. The lowest BCUT2D eigenvalue weighted by atomic mass is 10.2. The number of pyridine rings is 1. The second-order valence-electron chi connectivity index (χ2n) is 8.54. The van der Waals surface area contributed by atoms with Gasteiger partial charge in [-0.2, -0.15) is 4.98 Å². The smallest absolute Gasteiger partial charge is 0.229 e. The van der Waals surface area contributed by atoms with E-state index in [-0.39, 0.29) is 0 Å². The van der Waals surface area contributed by atoms with E-state index in [1.54, 1.807) is 24.5 Å². The Morgan fingerprint density at radius 3 is 2.36 bits per heavy atom. The van der Waals surface area contributed by atoms with Crippen LogP contribution in [0.15, 0.2) is 67.0 Å². The van der Waals surface area contributed by atoms with Crippen LogP contribution >= 0.6 is 0 Å². The molecule has 1 aliphatic heterocycles. The number of rotatable bonds is 9. The summed E-state index contributed by atoms with van der Waals surface area (Å²) in [6, 6.07) is 17.5. The van der Waals surface area contributed by atoms with Gasteiger partial charge < -0.3 is 21.3 Å². The molecule has 5 rings (SSSR count). The lowest BCUT2D eigenvalue weighted by molar-refractivity contribution is 0.249. The molecule has 0 spiro atoms. The minimum Gasteiger partial charge on any atom is -0.384 e. The van der Waals surface area contributed by atoms with Crippen LogP contribution < -0.4 is 21.3 Å². The standard InChI is InChI=1S/C26H30N10/c1-19-3-2-4-22(31-19)25-29-11-9-23(34-25)33-24-10-12-30-26(35-24)32-21-7-5-20(6-8-21)28-15-18-36-16-13-27-14-17-36/h2-12,27-28H,13-18H2,1H3,(H2,29,30,32,33,34,35). The highest BCUT2D eigenvalue weighted by Crippen LogP contribution is 2.20. The van der Waals surface area contributed by atoms with Crippen LogP contribution in [-0.4, -0.2) is 69.1 Å². The normalized spacial score (nSPS) is 13.8. The van der Waals surface area contributed by atoms with Gasteiger partial charge in [0.05, 0.1) is 0 Å². The summed E-state index contributed by atoms with van der Waals surface area (Å²) in [5, 5.41) is 13.4. The summed E-state index contributed by atoms with van der Waals surface area (Å²) in [4.78, 5) is 24.8. The van der Waals surface area contributed by atoms with Gasteiger partial charge >= 0.3 is 0 Å². The van der Waals surface area contributed by atoms with E-state index in [1.165, 1.54) is 0 Å². The van der Waals surface area contributed by atoms with Gasteiger partial charge in [-0.3, -0.25) is 4.90 Å². The molecule has 1 fully saturated rings. The maximum atomic E-state index is 4.58. The molecule has 4 heterocycles. The van der Waals surface area contributed by atoms with E-state index < -0.39 is 0 Å². The van der Waals surface area contributed by atoms with Gasteiger partial charge in [0.2, 0.25) is 5.95 Å². The summed E-state index contributed by atoms with van der Waals surface area (Å²) >= 11 is 0. The number of anilines is 5. The third-order valence-corrected chi connectivity index (χ3v) is 5.79. The van der Waals surface area contributed by atoms with Crippen molar-refractivity contribution in [2.45, 2.75) is 6.92 Å². The summed E-state index contributed by atoms with van der Waals surface area (Å²) in [6.07, 6.45) is 3.41. The lowest BCUT2D eigenvalue weighted by Crippen LogP contribution is -2.45. The van der Waals surface area contributed by atoms with E-state index in [2.05, 4.69) is 63.2 Å². The molecule has 0 amide bonds. The molecule has 4 N–H and O–H groups in total. The first-order valence-electron chi connectivity index (χ1n) is 12.1. The highest BCUT2D eigenvalue weighted by atomic mass is 15.2.